The molecule has 1 aliphatic heterocycles. The monoisotopic (exact) mass is 333 g/mol. The van der Waals surface area contributed by atoms with Crippen LogP contribution in [0.2, 0.25) is 0 Å². The largest absolute Gasteiger partial charge is 0.357 e. The highest BCUT2D eigenvalue weighted by Crippen LogP contribution is 2.07. The predicted octanol–water partition coefficient (Wildman–Crippen LogP) is -0.0333. The maximum atomic E-state index is 10.9. The number of aliphatic imine (C=N–C) groups is 1. The lowest BCUT2D eigenvalue weighted by Gasteiger charge is -2.26. The molecule has 0 aliphatic carbocycles. The first-order valence-corrected chi connectivity index (χ1v) is 10.1. The van der Waals surface area contributed by atoms with Crippen LogP contribution in [0.5, 0.6) is 0 Å². The SMILES string of the molecule is CCNC(=NCCCNS(C)(=O)=O)NCCN1CCCCC1. The lowest BCUT2D eigenvalue weighted by molar-refractivity contribution is 0.232. The van der Waals surface area contributed by atoms with Crippen molar-refractivity contribution in [1.29, 1.82) is 0 Å². The van der Waals surface area contributed by atoms with Crippen molar-refractivity contribution in [1.82, 2.24) is 20.3 Å². The van der Waals surface area contributed by atoms with E-state index in [4.69, 9.17) is 0 Å². The van der Waals surface area contributed by atoms with Crippen molar-refractivity contribution in [2.75, 3.05) is 52.1 Å². The van der Waals surface area contributed by atoms with Gasteiger partial charge in [0.25, 0.3) is 0 Å². The number of hydrogen-bond acceptors (Lipinski definition) is 4. The highest BCUT2D eigenvalue weighted by molar-refractivity contribution is 7.88. The van der Waals surface area contributed by atoms with Gasteiger partial charge in [0.1, 0.15) is 0 Å². The number of guanidine groups is 1. The molecule has 7 nitrogen and oxygen atoms in total. The molecule has 1 aliphatic rings. The van der Waals surface area contributed by atoms with Gasteiger partial charge in [-0.15, -0.1) is 0 Å². The van der Waals surface area contributed by atoms with Crippen LogP contribution in [-0.4, -0.2) is 71.3 Å². The molecule has 0 amide bonds. The summed E-state index contributed by atoms with van der Waals surface area (Å²) in [6.07, 6.45) is 5.83. The first-order valence-electron chi connectivity index (χ1n) is 8.20. The topological polar surface area (TPSA) is 85.8 Å². The van der Waals surface area contributed by atoms with Crippen molar-refractivity contribution in [2.45, 2.75) is 32.6 Å². The lowest BCUT2D eigenvalue weighted by Crippen LogP contribution is -2.42. The molecule has 0 saturated carbocycles. The molecule has 0 aromatic heterocycles. The summed E-state index contributed by atoms with van der Waals surface area (Å²) in [5.41, 5.74) is 0. The summed E-state index contributed by atoms with van der Waals surface area (Å²) in [6.45, 7) is 8.20. The summed E-state index contributed by atoms with van der Waals surface area (Å²) in [5, 5.41) is 6.54. The molecule has 0 aromatic carbocycles. The van der Waals surface area contributed by atoms with Gasteiger partial charge in [0, 0.05) is 32.7 Å². The predicted molar refractivity (Wildman–Crippen MR) is 91.7 cm³/mol. The molecule has 1 fully saturated rings. The normalized spacial score (nSPS) is 17.5. The third-order valence-electron chi connectivity index (χ3n) is 3.48. The Labute approximate surface area is 135 Å². The second-order valence-corrected chi connectivity index (χ2v) is 7.44. The molecule has 0 bridgehead atoms. The minimum Gasteiger partial charge on any atom is -0.357 e. The zero-order chi connectivity index (χ0) is 16.3. The van der Waals surface area contributed by atoms with Crippen molar-refractivity contribution < 1.29 is 8.42 Å². The number of piperidine rings is 1. The summed E-state index contributed by atoms with van der Waals surface area (Å²) in [6, 6.07) is 0. The Bertz CT molecular complexity index is 419. The highest BCUT2D eigenvalue weighted by Gasteiger charge is 2.09. The third-order valence-corrected chi connectivity index (χ3v) is 4.21. The van der Waals surface area contributed by atoms with Gasteiger partial charge in [-0.3, -0.25) is 4.99 Å². The van der Waals surface area contributed by atoms with Crippen LogP contribution in [0.4, 0.5) is 0 Å². The van der Waals surface area contributed by atoms with E-state index in [-0.39, 0.29) is 0 Å². The minimum atomic E-state index is -3.10. The molecule has 8 heteroatoms. The van der Waals surface area contributed by atoms with Gasteiger partial charge in [0.2, 0.25) is 10.0 Å². The molecule has 0 aromatic rings. The second-order valence-electron chi connectivity index (χ2n) is 5.61. The molecule has 0 radical (unpaired) electrons. The van der Waals surface area contributed by atoms with Gasteiger partial charge in [0.15, 0.2) is 5.96 Å². The van der Waals surface area contributed by atoms with E-state index in [9.17, 15) is 8.42 Å². The maximum absolute atomic E-state index is 10.9. The summed E-state index contributed by atoms with van der Waals surface area (Å²) in [5.74, 6) is 0.805. The summed E-state index contributed by atoms with van der Waals surface area (Å²) >= 11 is 0. The number of hydrogen-bond donors (Lipinski definition) is 3. The summed E-state index contributed by atoms with van der Waals surface area (Å²) < 4.78 is 24.4. The van der Waals surface area contributed by atoms with Crippen LogP contribution in [0.25, 0.3) is 0 Å². The van der Waals surface area contributed by atoms with E-state index in [0.29, 0.717) is 19.5 Å². The van der Waals surface area contributed by atoms with Crippen LogP contribution in [0, 0.1) is 0 Å². The van der Waals surface area contributed by atoms with Gasteiger partial charge in [-0.2, -0.15) is 0 Å². The van der Waals surface area contributed by atoms with Crippen LogP contribution < -0.4 is 15.4 Å². The average molecular weight is 334 g/mol. The molecular weight excluding hydrogens is 302 g/mol. The minimum absolute atomic E-state index is 0.426. The van der Waals surface area contributed by atoms with Crippen LogP contribution in [0.3, 0.4) is 0 Å². The molecule has 0 unspecified atom stereocenters. The van der Waals surface area contributed by atoms with Gasteiger partial charge in [-0.1, -0.05) is 6.42 Å². The molecule has 1 saturated heterocycles. The Balaban J connectivity index is 2.20. The van der Waals surface area contributed by atoms with E-state index in [2.05, 4.69) is 25.2 Å². The van der Waals surface area contributed by atoms with E-state index >= 15 is 0 Å². The molecule has 22 heavy (non-hydrogen) atoms. The Morgan fingerprint density at radius 1 is 1.14 bits per heavy atom. The van der Waals surface area contributed by atoms with E-state index in [1.807, 2.05) is 6.92 Å². The first kappa shape index (κ1) is 19.2. The van der Waals surface area contributed by atoms with Crippen LogP contribution in [0.15, 0.2) is 4.99 Å². The Kier molecular flexibility index (Phi) is 9.42. The zero-order valence-corrected chi connectivity index (χ0v) is 14.7. The summed E-state index contributed by atoms with van der Waals surface area (Å²) in [7, 11) is -3.10. The van der Waals surface area contributed by atoms with E-state index < -0.39 is 10.0 Å². The zero-order valence-electron chi connectivity index (χ0n) is 13.9. The fourth-order valence-corrected chi connectivity index (χ4v) is 2.90. The molecule has 1 rings (SSSR count). The van der Waals surface area contributed by atoms with E-state index in [1.54, 1.807) is 0 Å². The smallest absolute Gasteiger partial charge is 0.208 e. The fourth-order valence-electron chi connectivity index (χ4n) is 2.38. The Hall–Kier alpha value is -0.860. The quantitative estimate of drug-likeness (QED) is 0.313. The molecule has 0 atom stereocenters. The highest BCUT2D eigenvalue weighted by atomic mass is 32.2. The Morgan fingerprint density at radius 2 is 1.86 bits per heavy atom. The number of nitrogens with zero attached hydrogens (tertiary/aromatic N) is 2. The molecule has 1 heterocycles. The third kappa shape index (κ3) is 9.97. The van der Waals surface area contributed by atoms with Crippen LogP contribution in [-0.2, 0) is 10.0 Å². The van der Waals surface area contributed by atoms with Gasteiger partial charge in [-0.05, 0) is 39.3 Å². The maximum Gasteiger partial charge on any atom is 0.208 e. The van der Waals surface area contributed by atoms with Gasteiger partial charge in [0.05, 0.1) is 6.26 Å². The van der Waals surface area contributed by atoms with Crippen molar-refractivity contribution >= 4 is 16.0 Å². The van der Waals surface area contributed by atoms with Crippen molar-refractivity contribution in [3.8, 4) is 0 Å². The molecule has 0 spiro atoms. The van der Waals surface area contributed by atoms with Crippen molar-refractivity contribution in [3.63, 3.8) is 0 Å². The number of rotatable bonds is 9. The van der Waals surface area contributed by atoms with Crippen LogP contribution in [0.1, 0.15) is 32.6 Å². The number of nitrogens with one attached hydrogen (secondary N) is 3. The first-order chi connectivity index (χ1) is 10.5. The van der Waals surface area contributed by atoms with Gasteiger partial charge in [-0.25, -0.2) is 13.1 Å². The number of sulfonamides is 1. The van der Waals surface area contributed by atoms with Crippen LogP contribution >= 0.6 is 0 Å². The van der Waals surface area contributed by atoms with Crippen molar-refractivity contribution in [2.24, 2.45) is 4.99 Å². The molecular formula is C14H31N5O2S. The number of likely N-dealkylation sites (tertiary alicyclic amines) is 1. The van der Waals surface area contributed by atoms with E-state index in [1.165, 1.54) is 38.6 Å². The van der Waals surface area contributed by atoms with Gasteiger partial charge >= 0.3 is 0 Å². The fraction of sp³-hybridized carbons (Fsp3) is 0.929. The van der Waals surface area contributed by atoms with E-state index in [0.717, 1.165) is 25.6 Å². The lowest BCUT2D eigenvalue weighted by atomic mass is 10.1. The Morgan fingerprint density at radius 3 is 2.50 bits per heavy atom. The standard InChI is InChI=1S/C14H31N5O2S/c1-3-15-14(16-8-7-9-18-22(2,20)21)17-10-13-19-11-5-4-6-12-19/h18H,3-13H2,1-2H3,(H2,15,16,17). The molecule has 130 valence electrons. The average Bonchev–Trinajstić information content (AvgIpc) is 2.47. The van der Waals surface area contributed by atoms with Gasteiger partial charge < -0.3 is 15.5 Å². The van der Waals surface area contributed by atoms with Crippen molar-refractivity contribution in [3.05, 3.63) is 0 Å². The summed E-state index contributed by atoms with van der Waals surface area (Å²) in [4.78, 5) is 6.94. The molecule has 3 N–H and O–H groups in total. The second kappa shape index (κ2) is 10.8.